The van der Waals surface area contributed by atoms with E-state index in [0.717, 1.165) is 5.56 Å². The molecule has 8 heteroatoms. The molecule has 0 aliphatic heterocycles. The third kappa shape index (κ3) is 5.63. The fourth-order valence-electron chi connectivity index (χ4n) is 3.60. The summed E-state index contributed by atoms with van der Waals surface area (Å²) in [6.07, 6.45) is 0. The van der Waals surface area contributed by atoms with Gasteiger partial charge in [-0.3, -0.25) is 14.3 Å². The zero-order chi connectivity index (χ0) is 24.9. The zero-order valence-electron chi connectivity index (χ0n) is 19.8. The van der Waals surface area contributed by atoms with Gasteiger partial charge in [-0.1, -0.05) is 30.3 Å². The third-order valence-corrected chi connectivity index (χ3v) is 6.99. The minimum atomic E-state index is -3.92. The number of carbonyl (C=O) groups is 2. The van der Waals surface area contributed by atoms with Gasteiger partial charge in [0.1, 0.15) is 0 Å². The average Bonchev–Trinajstić information content (AvgIpc) is 2.80. The summed E-state index contributed by atoms with van der Waals surface area (Å²) < 4.78 is 28.7. The Morgan fingerprint density at radius 3 is 2.26 bits per heavy atom. The second kappa shape index (κ2) is 10.5. The predicted octanol–water partition coefficient (Wildman–Crippen LogP) is 4.84. The fraction of sp³-hybridized carbons (Fsp3) is 0.231. The fourth-order valence-corrected chi connectivity index (χ4v) is 4.93. The molecule has 0 fully saturated rings. The Kier molecular flexibility index (Phi) is 7.73. The van der Waals surface area contributed by atoms with Gasteiger partial charge in [-0.25, -0.2) is 8.42 Å². The number of nitrogens with zero attached hydrogens (tertiary/aromatic N) is 1. The van der Waals surface area contributed by atoms with Crippen molar-refractivity contribution in [2.75, 3.05) is 23.1 Å². The second-order valence-electron chi connectivity index (χ2n) is 7.93. The van der Waals surface area contributed by atoms with Crippen LogP contribution in [0.3, 0.4) is 0 Å². The van der Waals surface area contributed by atoms with E-state index in [0.29, 0.717) is 35.6 Å². The Morgan fingerprint density at radius 2 is 1.59 bits per heavy atom. The van der Waals surface area contributed by atoms with Crippen LogP contribution in [0.5, 0.6) is 0 Å². The zero-order valence-corrected chi connectivity index (χ0v) is 20.6. The van der Waals surface area contributed by atoms with Crippen molar-refractivity contribution >= 4 is 33.2 Å². The van der Waals surface area contributed by atoms with E-state index in [9.17, 15) is 18.0 Å². The number of hydrogen-bond donors (Lipinski definition) is 2. The molecule has 0 atom stereocenters. The standard InChI is InChI=1S/C26H29N3O4S/c1-5-29(6-2)26(31)22-12-7-8-13-23(22)27-25(30)20-15-14-19(4)24(17-20)34(32,33)28-21-11-9-10-18(3)16-21/h7-17,28H,5-6H2,1-4H3,(H,27,30). The highest BCUT2D eigenvalue weighted by molar-refractivity contribution is 7.92. The van der Waals surface area contributed by atoms with Gasteiger partial charge in [0.2, 0.25) is 0 Å². The van der Waals surface area contributed by atoms with Crippen molar-refractivity contribution in [2.24, 2.45) is 0 Å². The maximum Gasteiger partial charge on any atom is 0.262 e. The van der Waals surface area contributed by atoms with Crippen LogP contribution >= 0.6 is 0 Å². The number of amides is 2. The summed E-state index contributed by atoms with van der Waals surface area (Å²) in [6, 6.07) is 18.3. The first-order valence-electron chi connectivity index (χ1n) is 11.1. The Morgan fingerprint density at radius 1 is 0.882 bits per heavy atom. The molecule has 7 nitrogen and oxygen atoms in total. The average molecular weight is 480 g/mol. The van der Waals surface area contributed by atoms with Crippen LogP contribution in [0.2, 0.25) is 0 Å². The summed E-state index contributed by atoms with van der Waals surface area (Å²) in [5.41, 5.74) is 2.78. The van der Waals surface area contributed by atoms with Crippen LogP contribution in [0, 0.1) is 13.8 Å². The molecule has 2 amide bonds. The van der Waals surface area contributed by atoms with Crippen LogP contribution in [-0.2, 0) is 10.0 Å². The van der Waals surface area contributed by atoms with Gasteiger partial charge < -0.3 is 10.2 Å². The van der Waals surface area contributed by atoms with E-state index in [-0.39, 0.29) is 16.4 Å². The lowest BCUT2D eigenvalue weighted by atomic mass is 10.1. The van der Waals surface area contributed by atoms with E-state index in [1.165, 1.54) is 6.07 Å². The van der Waals surface area contributed by atoms with Gasteiger partial charge in [-0.15, -0.1) is 0 Å². The van der Waals surface area contributed by atoms with E-state index in [1.807, 2.05) is 26.8 Å². The first kappa shape index (κ1) is 25.0. The molecule has 0 spiro atoms. The van der Waals surface area contributed by atoms with Crippen LogP contribution in [0.4, 0.5) is 11.4 Å². The van der Waals surface area contributed by atoms with E-state index < -0.39 is 15.9 Å². The predicted molar refractivity (Wildman–Crippen MR) is 135 cm³/mol. The lowest BCUT2D eigenvalue weighted by molar-refractivity contribution is 0.0774. The van der Waals surface area contributed by atoms with Gasteiger partial charge in [0.05, 0.1) is 16.1 Å². The number of carbonyl (C=O) groups excluding carboxylic acids is 2. The maximum atomic E-state index is 13.1. The number of aryl methyl sites for hydroxylation is 2. The van der Waals surface area contributed by atoms with Crippen LogP contribution in [0.25, 0.3) is 0 Å². The lowest BCUT2D eigenvalue weighted by Crippen LogP contribution is -2.31. The molecule has 0 radical (unpaired) electrons. The Labute approximate surface area is 200 Å². The molecular weight excluding hydrogens is 450 g/mol. The SMILES string of the molecule is CCN(CC)C(=O)c1ccccc1NC(=O)c1ccc(C)c(S(=O)(=O)Nc2cccc(C)c2)c1. The first-order chi connectivity index (χ1) is 16.2. The molecule has 3 aromatic carbocycles. The second-order valence-corrected chi connectivity index (χ2v) is 9.58. The number of para-hydroxylation sites is 1. The van der Waals surface area contributed by atoms with Gasteiger partial charge in [-0.2, -0.15) is 0 Å². The molecule has 2 N–H and O–H groups in total. The molecule has 3 aromatic rings. The smallest absolute Gasteiger partial charge is 0.262 e. The normalized spacial score (nSPS) is 11.1. The molecule has 0 saturated carbocycles. The van der Waals surface area contributed by atoms with Crippen molar-refractivity contribution in [3.05, 3.63) is 89.0 Å². The molecule has 0 aromatic heterocycles. The van der Waals surface area contributed by atoms with Crippen molar-refractivity contribution in [1.82, 2.24) is 4.90 Å². The number of hydrogen-bond acceptors (Lipinski definition) is 4. The third-order valence-electron chi connectivity index (χ3n) is 5.47. The highest BCUT2D eigenvalue weighted by atomic mass is 32.2. The molecule has 0 bridgehead atoms. The van der Waals surface area contributed by atoms with E-state index >= 15 is 0 Å². The Bertz CT molecular complexity index is 1320. The summed E-state index contributed by atoms with van der Waals surface area (Å²) >= 11 is 0. The summed E-state index contributed by atoms with van der Waals surface area (Å²) in [5, 5.41) is 2.76. The molecule has 0 aliphatic carbocycles. The number of rotatable bonds is 8. The van der Waals surface area contributed by atoms with E-state index in [4.69, 9.17) is 0 Å². The Balaban J connectivity index is 1.89. The van der Waals surface area contributed by atoms with Crippen molar-refractivity contribution in [3.8, 4) is 0 Å². The minimum absolute atomic E-state index is 0.00848. The quantitative estimate of drug-likeness (QED) is 0.483. The number of sulfonamides is 1. The van der Waals surface area contributed by atoms with Gasteiger partial charge in [0, 0.05) is 24.3 Å². The first-order valence-corrected chi connectivity index (χ1v) is 12.5. The highest BCUT2D eigenvalue weighted by Gasteiger charge is 2.21. The van der Waals surface area contributed by atoms with Gasteiger partial charge in [-0.05, 0) is 75.2 Å². The van der Waals surface area contributed by atoms with Crippen LogP contribution < -0.4 is 10.0 Å². The molecule has 3 rings (SSSR count). The number of nitrogens with one attached hydrogen (secondary N) is 2. The number of benzene rings is 3. The van der Waals surface area contributed by atoms with Gasteiger partial charge in [0.25, 0.3) is 21.8 Å². The topological polar surface area (TPSA) is 95.6 Å². The molecule has 0 heterocycles. The molecule has 178 valence electrons. The summed E-state index contributed by atoms with van der Waals surface area (Å²) in [4.78, 5) is 27.6. The van der Waals surface area contributed by atoms with E-state index in [2.05, 4.69) is 10.0 Å². The lowest BCUT2D eigenvalue weighted by Gasteiger charge is -2.20. The van der Waals surface area contributed by atoms with E-state index in [1.54, 1.807) is 66.4 Å². The van der Waals surface area contributed by atoms with Crippen molar-refractivity contribution in [1.29, 1.82) is 0 Å². The van der Waals surface area contributed by atoms with Crippen LogP contribution in [0.15, 0.2) is 71.6 Å². The van der Waals surface area contributed by atoms with Crippen LogP contribution in [-0.4, -0.2) is 38.2 Å². The summed E-state index contributed by atoms with van der Waals surface area (Å²) in [6.45, 7) is 8.42. The summed E-state index contributed by atoms with van der Waals surface area (Å²) in [7, 11) is -3.92. The van der Waals surface area contributed by atoms with Gasteiger partial charge in [0.15, 0.2) is 0 Å². The highest BCUT2D eigenvalue weighted by Crippen LogP contribution is 2.23. The van der Waals surface area contributed by atoms with Crippen molar-refractivity contribution in [3.63, 3.8) is 0 Å². The molecule has 0 unspecified atom stereocenters. The molecule has 34 heavy (non-hydrogen) atoms. The van der Waals surface area contributed by atoms with Crippen molar-refractivity contribution < 1.29 is 18.0 Å². The Hall–Kier alpha value is -3.65. The largest absolute Gasteiger partial charge is 0.339 e. The maximum absolute atomic E-state index is 13.1. The molecule has 0 saturated heterocycles. The monoisotopic (exact) mass is 479 g/mol. The van der Waals surface area contributed by atoms with Crippen LogP contribution in [0.1, 0.15) is 45.7 Å². The molecular formula is C26H29N3O4S. The molecule has 0 aliphatic rings. The van der Waals surface area contributed by atoms with Crippen molar-refractivity contribution in [2.45, 2.75) is 32.6 Å². The van der Waals surface area contributed by atoms with Gasteiger partial charge >= 0.3 is 0 Å². The number of anilines is 2. The minimum Gasteiger partial charge on any atom is -0.339 e. The summed E-state index contributed by atoms with van der Waals surface area (Å²) in [5.74, 6) is -0.692.